The maximum atomic E-state index is 12.6. The Hall–Kier alpha value is 0.110. The van der Waals surface area contributed by atoms with Gasteiger partial charge in [0.2, 0.25) is 10.0 Å². The van der Waals surface area contributed by atoms with E-state index in [-0.39, 0.29) is 18.4 Å². The monoisotopic (exact) mass is 428 g/mol. The third kappa shape index (κ3) is 2.85. The molecule has 1 saturated carbocycles. The van der Waals surface area contributed by atoms with Crippen LogP contribution in [0.4, 0.5) is 0 Å². The summed E-state index contributed by atoms with van der Waals surface area (Å²) in [7, 11) is -3.35. The predicted molar refractivity (Wildman–Crippen MR) is 89.4 cm³/mol. The minimum atomic E-state index is -3.35. The van der Waals surface area contributed by atoms with Gasteiger partial charge in [-0.15, -0.1) is 12.4 Å². The Morgan fingerprint density at radius 1 is 1.25 bits per heavy atom. The molecule has 2 aliphatic rings. The molecule has 1 heterocycles. The highest BCUT2D eigenvalue weighted by Gasteiger charge is 2.44. The number of sulfonamides is 1. The van der Waals surface area contributed by atoms with Gasteiger partial charge in [-0.25, -0.2) is 8.42 Å². The topological polar surface area (TPSA) is 63.4 Å². The van der Waals surface area contributed by atoms with Gasteiger partial charge in [-0.1, -0.05) is 6.07 Å². The first-order valence-corrected chi connectivity index (χ1v) is 9.01. The van der Waals surface area contributed by atoms with Gasteiger partial charge in [0.05, 0.1) is 4.90 Å². The molecule has 0 bridgehead atoms. The van der Waals surface area contributed by atoms with Crippen LogP contribution in [0.3, 0.4) is 0 Å². The maximum Gasteiger partial charge on any atom is 0.243 e. The summed E-state index contributed by atoms with van der Waals surface area (Å²) < 4.78 is 27.8. The number of fused-ring (bicyclic) bond motifs is 1. The fourth-order valence-corrected chi connectivity index (χ4v) is 5.57. The van der Waals surface area contributed by atoms with Crippen molar-refractivity contribution in [2.24, 2.45) is 17.6 Å². The van der Waals surface area contributed by atoms with Crippen LogP contribution in [-0.2, 0) is 10.0 Å². The lowest BCUT2D eigenvalue weighted by Gasteiger charge is -2.18. The van der Waals surface area contributed by atoms with E-state index >= 15 is 0 Å². The molecular formula is C13H18ClIN2O2S. The van der Waals surface area contributed by atoms with Crippen LogP contribution in [0.2, 0.25) is 0 Å². The molecule has 1 aliphatic heterocycles. The Balaban J connectivity index is 0.00000147. The number of hydrogen-bond acceptors (Lipinski definition) is 3. The summed E-state index contributed by atoms with van der Waals surface area (Å²) in [6.07, 6.45) is 2.09. The van der Waals surface area contributed by atoms with Crippen LogP contribution in [0, 0.1) is 15.4 Å². The Kier molecular flexibility index (Phi) is 5.01. The van der Waals surface area contributed by atoms with Crippen LogP contribution in [0.25, 0.3) is 0 Å². The lowest BCUT2D eigenvalue weighted by atomic mass is 9.98. The van der Waals surface area contributed by atoms with Crippen LogP contribution in [-0.4, -0.2) is 31.9 Å². The lowest BCUT2D eigenvalue weighted by molar-refractivity contribution is 0.427. The molecule has 3 unspecified atom stereocenters. The Labute approximate surface area is 139 Å². The number of hydrogen-bond donors (Lipinski definition) is 1. The maximum absolute atomic E-state index is 12.6. The van der Waals surface area contributed by atoms with Gasteiger partial charge in [0.25, 0.3) is 0 Å². The van der Waals surface area contributed by atoms with Crippen molar-refractivity contribution >= 4 is 45.0 Å². The highest BCUT2D eigenvalue weighted by Crippen LogP contribution is 2.39. The van der Waals surface area contributed by atoms with E-state index in [1.54, 1.807) is 22.5 Å². The van der Waals surface area contributed by atoms with Crippen LogP contribution in [0.5, 0.6) is 0 Å². The van der Waals surface area contributed by atoms with E-state index in [9.17, 15) is 8.42 Å². The summed E-state index contributed by atoms with van der Waals surface area (Å²) >= 11 is 2.14. The second-order valence-corrected chi connectivity index (χ2v) is 8.63. The molecule has 2 N–H and O–H groups in total. The molecule has 0 aromatic heterocycles. The average Bonchev–Trinajstić information content (AvgIpc) is 2.92. The Morgan fingerprint density at radius 2 is 2.00 bits per heavy atom. The second-order valence-electron chi connectivity index (χ2n) is 5.44. The molecule has 1 aromatic rings. The van der Waals surface area contributed by atoms with Crippen LogP contribution in [0.1, 0.15) is 12.8 Å². The first kappa shape index (κ1) is 16.5. The van der Waals surface area contributed by atoms with E-state index < -0.39 is 10.0 Å². The number of nitrogens with two attached hydrogens (primary N) is 1. The molecule has 1 aromatic carbocycles. The molecule has 1 aliphatic carbocycles. The quantitative estimate of drug-likeness (QED) is 0.734. The fraction of sp³-hybridized carbons (Fsp3) is 0.538. The van der Waals surface area contributed by atoms with Crippen molar-refractivity contribution < 1.29 is 8.42 Å². The van der Waals surface area contributed by atoms with Gasteiger partial charge in [0.15, 0.2) is 0 Å². The van der Waals surface area contributed by atoms with Gasteiger partial charge in [-0.2, -0.15) is 4.31 Å². The zero-order chi connectivity index (χ0) is 13.6. The summed E-state index contributed by atoms with van der Waals surface area (Å²) in [5.41, 5.74) is 6.07. The SMILES string of the molecule is Cl.NC1CCC2CN(S(=O)(=O)c3cccc(I)c3)CC12. The Bertz CT molecular complexity index is 596. The van der Waals surface area contributed by atoms with Gasteiger partial charge >= 0.3 is 0 Å². The van der Waals surface area contributed by atoms with Gasteiger partial charge in [-0.05, 0) is 65.5 Å². The van der Waals surface area contributed by atoms with E-state index in [1.165, 1.54) is 0 Å². The second kappa shape index (κ2) is 6.08. The largest absolute Gasteiger partial charge is 0.327 e. The third-order valence-electron chi connectivity index (χ3n) is 4.31. The van der Waals surface area contributed by atoms with Crippen molar-refractivity contribution in [1.82, 2.24) is 4.31 Å². The number of halogens is 2. The van der Waals surface area contributed by atoms with Crippen LogP contribution in [0.15, 0.2) is 29.2 Å². The highest BCUT2D eigenvalue weighted by atomic mass is 127. The highest BCUT2D eigenvalue weighted by molar-refractivity contribution is 14.1. The van der Waals surface area contributed by atoms with E-state index in [0.29, 0.717) is 29.8 Å². The summed E-state index contributed by atoms with van der Waals surface area (Å²) in [6.45, 7) is 1.21. The molecule has 7 heteroatoms. The summed E-state index contributed by atoms with van der Waals surface area (Å²) in [5.74, 6) is 0.796. The lowest BCUT2D eigenvalue weighted by Crippen LogP contribution is -2.33. The van der Waals surface area contributed by atoms with Crippen molar-refractivity contribution in [2.45, 2.75) is 23.8 Å². The average molecular weight is 429 g/mol. The molecule has 3 rings (SSSR count). The normalized spacial score (nSPS) is 30.0. The van der Waals surface area contributed by atoms with Gasteiger partial charge in [0, 0.05) is 22.7 Å². The van der Waals surface area contributed by atoms with Gasteiger partial charge < -0.3 is 5.73 Å². The molecule has 20 heavy (non-hydrogen) atoms. The first-order chi connectivity index (χ1) is 8.98. The zero-order valence-corrected chi connectivity index (χ0v) is 14.7. The summed E-state index contributed by atoms with van der Waals surface area (Å²) in [5, 5.41) is 0. The predicted octanol–water partition coefficient (Wildman–Crippen LogP) is 2.07. The fourth-order valence-electron chi connectivity index (χ4n) is 3.24. The Morgan fingerprint density at radius 3 is 2.65 bits per heavy atom. The van der Waals surface area contributed by atoms with Crippen molar-refractivity contribution in [3.05, 3.63) is 27.8 Å². The number of nitrogens with zero attached hydrogens (tertiary/aromatic N) is 1. The number of rotatable bonds is 2. The molecule has 112 valence electrons. The summed E-state index contributed by atoms with van der Waals surface area (Å²) in [6, 6.07) is 7.25. The van der Waals surface area contributed by atoms with Crippen molar-refractivity contribution in [1.29, 1.82) is 0 Å². The van der Waals surface area contributed by atoms with E-state index in [4.69, 9.17) is 5.73 Å². The van der Waals surface area contributed by atoms with Gasteiger partial charge in [0.1, 0.15) is 0 Å². The van der Waals surface area contributed by atoms with Crippen molar-refractivity contribution in [3.63, 3.8) is 0 Å². The van der Waals surface area contributed by atoms with Crippen LogP contribution < -0.4 is 5.73 Å². The van der Waals surface area contributed by atoms with Crippen molar-refractivity contribution in [3.8, 4) is 0 Å². The van der Waals surface area contributed by atoms with Crippen molar-refractivity contribution in [2.75, 3.05) is 13.1 Å². The molecule has 0 amide bonds. The summed E-state index contributed by atoms with van der Waals surface area (Å²) in [4.78, 5) is 0.396. The molecule has 2 fully saturated rings. The van der Waals surface area contributed by atoms with Crippen LogP contribution >= 0.6 is 35.0 Å². The standard InChI is InChI=1S/C13H17IN2O2S.ClH/c14-10-2-1-3-11(6-10)19(17,18)16-7-9-4-5-13(15)12(9)8-16;/h1-3,6,9,12-13H,4-5,7-8,15H2;1H. The molecule has 4 nitrogen and oxygen atoms in total. The van der Waals surface area contributed by atoms with E-state index in [0.717, 1.165) is 16.4 Å². The van der Waals surface area contributed by atoms with E-state index in [1.807, 2.05) is 6.07 Å². The van der Waals surface area contributed by atoms with Gasteiger partial charge in [-0.3, -0.25) is 0 Å². The molecule has 0 radical (unpaired) electrons. The molecular weight excluding hydrogens is 411 g/mol. The first-order valence-electron chi connectivity index (χ1n) is 6.50. The van der Waals surface area contributed by atoms with E-state index in [2.05, 4.69) is 22.6 Å². The molecule has 3 atom stereocenters. The zero-order valence-electron chi connectivity index (χ0n) is 10.9. The molecule has 1 saturated heterocycles. The minimum Gasteiger partial charge on any atom is -0.327 e. The minimum absolute atomic E-state index is 0. The number of benzene rings is 1. The molecule has 0 spiro atoms. The third-order valence-corrected chi connectivity index (χ3v) is 6.81. The smallest absolute Gasteiger partial charge is 0.243 e.